The molecule has 0 spiro atoms. The molecule has 0 unspecified atom stereocenters. The molecule has 0 saturated heterocycles. The number of rotatable bonds is 5. The van der Waals surface area contributed by atoms with E-state index in [4.69, 9.17) is 25.5 Å². The van der Waals surface area contributed by atoms with Crippen LogP contribution in [0.25, 0.3) is 0 Å². The Kier molecular flexibility index (Phi) is 5.81. The van der Waals surface area contributed by atoms with E-state index in [0.717, 1.165) is 0 Å². The van der Waals surface area contributed by atoms with Crippen molar-refractivity contribution in [2.24, 2.45) is 0 Å². The molecule has 0 aromatic carbocycles. The number of aliphatic hydroxyl groups is 5. The van der Waals surface area contributed by atoms with Gasteiger partial charge in [0.05, 0.1) is 24.6 Å². The Morgan fingerprint density at radius 2 is 1.42 bits per heavy atom. The molecule has 5 nitrogen and oxygen atoms in total. The third-order valence-electron chi connectivity index (χ3n) is 1.51. The summed E-state index contributed by atoms with van der Waals surface area (Å²) in [4.78, 5) is 0. The molecule has 0 aliphatic carbocycles. The first-order valence-electron chi connectivity index (χ1n) is 3.48. The quantitative estimate of drug-likeness (QED) is 0.271. The molecule has 0 rings (SSSR count). The largest absolute Gasteiger partial charge is 0.395 e. The summed E-state index contributed by atoms with van der Waals surface area (Å²) in [6.45, 7) is -1.07. The molecule has 0 aliphatic heterocycles. The van der Waals surface area contributed by atoms with Crippen molar-refractivity contribution >= 4 is 12.6 Å². The van der Waals surface area contributed by atoms with E-state index in [1.807, 2.05) is 0 Å². The minimum Gasteiger partial charge on any atom is -0.395 e. The van der Waals surface area contributed by atoms with Crippen LogP contribution in [-0.4, -0.2) is 62.3 Å². The van der Waals surface area contributed by atoms with Crippen LogP contribution in [0.4, 0.5) is 0 Å². The summed E-state index contributed by atoms with van der Waals surface area (Å²) in [7, 11) is 0. The molecule has 0 heterocycles. The van der Waals surface area contributed by atoms with Gasteiger partial charge in [0.25, 0.3) is 0 Å². The fraction of sp³-hybridized carbons (Fsp3) is 1.00. The van der Waals surface area contributed by atoms with E-state index in [1.165, 1.54) is 0 Å². The first kappa shape index (κ1) is 12.2. The van der Waals surface area contributed by atoms with Crippen molar-refractivity contribution in [1.29, 1.82) is 0 Å². The molecule has 74 valence electrons. The van der Waals surface area contributed by atoms with Crippen LogP contribution in [0, 0.1) is 0 Å². The maximum Gasteiger partial charge on any atom is 0.109 e. The first-order chi connectivity index (χ1) is 5.54. The lowest BCUT2D eigenvalue weighted by Crippen LogP contribution is -2.45. The molecule has 4 atom stereocenters. The highest BCUT2D eigenvalue weighted by Crippen LogP contribution is 2.08. The van der Waals surface area contributed by atoms with Gasteiger partial charge in [-0.25, -0.2) is 0 Å². The van der Waals surface area contributed by atoms with Crippen molar-refractivity contribution < 1.29 is 25.5 Å². The van der Waals surface area contributed by atoms with E-state index >= 15 is 0 Å². The number of hydrogen-bond acceptors (Lipinski definition) is 6. The van der Waals surface area contributed by atoms with Gasteiger partial charge in [-0.05, 0) is 0 Å². The smallest absolute Gasteiger partial charge is 0.109 e. The molecule has 0 amide bonds. The highest BCUT2D eigenvalue weighted by Gasteiger charge is 2.28. The van der Waals surface area contributed by atoms with Crippen LogP contribution < -0.4 is 0 Å². The fourth-order valence-corrected chi connectivity index (χ4v) is 0.848. The molecule has 5 N–H and O–H groups in total. The van der Waals surface area contributed by atoms with Gasteiger partial charge in [-0.3, -0.25) is 0 Å². The van der Waals surface area contributed by atoms with Crippen molar-refractivity contribution in [2.75, 3.05) is 13.2 Å². The first-order valence-corrected chi connectivity index (χ1v) is 4.00. The molecular formula is C6H14O5S. The third kappa shape index (κ3) is 3.26. The molecule has 0 aromatic rings. The zero-order chi connectivity index (χ0) is 9.72. The van der Waals surface area contributed by atoms with Gasteiger partial charge >= 0.3 is 0 Å². The van der Waals surface area contributed by atoms with Gasteiger partial charge in [-0.1, -0.05) is 0 Å². The van der Waals surface area contributed by atoms with E-state index in [0.29, 0.717) is 0 Å². The van der Waals surface area contributed by atoms with Crippen molar-refractivity contribution in [3.8, 4) is 0 Å². The summed E-state index contributed by atoms with van der Waals surface area (Å²) >= 11 is 3.74. The predicted molar refractivity (Wildman–Crippen MR) is 45.0 cm³/mol. The van der Waals surface area contributed by atoms with Gasteiger partial charge in [-0.15, -0.1) is 0 Å². The highest BCUT2D eigenvalue weighted by atomic mass is 32.1. The zero-order valence-corrected chi connectivity index (χ0v) is 7.30. The summed E-state index contributed by atoms with van der Waals surface area (Å²) in [5, 5.41) is 43.1. The Bertz CT molecular complexity index is 109. The van der Waals surface area contributed by atoms with Crippen molar-refractivity contribution in [2.45, 2.75) is 23.6 Å². The average molecular weight is 198 g/mol. The van der Waals surface area contributed by atoms with Crippen LogP contribution in [0.3, 0.4) is 0 Å². The number of hydrogen-bond donors (Lipinski definition) is 6. The maximum atomic E-state index is 9.13. The zero-order valence-electron chi connectivity index (χ0n) is 6.41. The Labute approximate surface area is 75.7 Å². The van der Waals surface area contributed by atoms with Gasteiger partial charge in [0.1, 0.15) is 12.2 Å². The summed E-state index contributed by atoms with van der Waals surface area (Å²) in [6, 6.07) is 0. The van der Waals surface area contributed by atoms with E-state index in [9.17, 15) is 0 Å². The van der Waals surface area contributed by atoms with Crippen LogP contribution in [0.1, 0.15) is 0 Å². The van der Waals surface area contributed by atoms with E-state index in [-0.39, 0.29) is 0 Å². The van der Waals surface area contributed by atoms with Gasteiger partial charge < -0.3 is 25.5 Å². The molecule has 0 fully saturated rings. The third-order valence-corrected chi connectivity index (χ3v) is 1.98. The molecule has 12 heavy (non-hydrogen) atoms. The van der Waals surface area contributed by atoms with E-state index in [2.05, 4.69) is 12.6 Å². The minimum atomic E-state index is -1.50. The predicted octanol–water partition coefficient (Wildman–Crippen LogP) is -2.65. The van der Waals surface area contributed by atoms with Crippen LogP contribution in [0.5, 0.6) is 0 Å². The Hall–Kier alpha value is 0.150. The molecule has 0 bridgehead atoms. The molecule has 0 radical (unpaired) electrons. The molecular weight excluding hydrogens is 184 g/mol. The van der Waals surface area contributed by atoms with Gasteiger partial charge in [0, 0.05) is 0 Å². The lowest BCUT2D eigenvalue weighted by atomic mass is 10.1. The van der Waals surface area contributed by atoms with Crippen LogP contribution in [0.2, 0.25) is 0 Å². The lowest BCUT2D eigenvalue weighted by Gasteiger charge is -2.24. The van der Waals surface area contributed by atoms with Crippen LogP contribution in [-0.2, 0) is 0 Å². The van der Waals surface area contributed by atoms with Crippen molar-refractivity contribution in [1.82, 2.24) is 0 Å². The maximum absolute atomic E-state index is 9.13. The van der Waals surface area contributed by atoms with Gasteiger partial charge in [-0.2, -0.15) is 12.6 Å². The second-order valence-electron chi connectivity index (χ2n) is 2.48. The second-order valence-corrected chi connectivity index (χ2v) is 3.14. The fourth-order valence-electron chi connectivity index (χ4n) is 0.671. The SMILES string of the molecule is OC[C@@H](O)[C@@H](O)[C@@H](O)[C@H](S)CO. The number of thiol groups is 1. The van der Waals surface area contributed by atoms with Gasteiger partial charge in [0.2, 0.25) is 0 Å². The number of aliphatic hydroxyl groups excluding tert-OH is 5. The van der Waals surface area contributed by atoms with Gasteiger partial charge in [0.15, 0.2) is 0 Å². The Morgan fingerprint density at radius 1 is 0.917 bits per heavy atom. The summed E-state index contributed by atoms with van der Waals surface area (Å²) in [5.74, 6) is 0. The normalized spacial score (nSPS) is 21.5. The second kappa shape index (κ2) is 5.74. The summed E-state index contributed by atoms with van der Waals surface area (Å²) in [5.41, 5.74) is 0. The Balaban J connectivity index is 3.99. The van der Waals surface area contributed by atoms with Crippen molar-refractivity contribution in [3.05, 3.63) is 0 Å². The topological polar surface area (TPSA) is 101 Å². The van der Waals surface area contributed by atoms with E-state index in [1.54, 1.807) is 0 Å². The molecule has 6 heteroatoms. The molecule has 0 saturated carbocycles. The summed E-state index contributed by atoms with van der Waals surface area (Å²) in [6.07, 6.45) is -4.27. The molecule has 0 aliphatic rings. The van der Waals surface area contributed by atoms with Crippen LogP contribution >= 0.6 is 12.6 Å². The monoisotopic (exact) mass is 198 g/mol. The van der Waals surface area contributed by atoms with Crippen molar-refractivity contribution in [3.63, 3.8) is 0 Å². The summed E-state index contributed by atoms with van der Waals surface area (Å²) < 4.78 is 0. The standard InChI is InChI=1S/C6H14O5S/c7-1-3(9)5(10)6(11)4(12)2-8/h3-12H,1-2H2/t3-,4-,5-,6+/m1/s1. The lowest BCUT2D eigenvalue weighted by molar-refractivity contribution is -0.0789. The van der Waals surface area contributed by atoms with E-state index < -0.39 is 36.8 Å². The molecule has 0 aromatic heterocycles. The average Bonchev–Trinajstić information content (AvgIpc) is 2.12. The van der Waals surface area contributed by atoms with Crippen LogP contribution in [0.15, 0.2) is 0 Å². The highest BCUT2D eigenvalue weighted by molar-refractivity contribution is 7.81. The Morgan fingerprint density at radius 3 is 1.75 bits per heavy atom. The minimum absolute atomic E-state index is 0.417.